The Morgan fingerprint density at radius 3 is 2.60 bits per heavy atom. The number of aliphatic imine (C=N–C) groups is 1. The van der Waals surface area contributed by atoms with Crippen molar-refractivity contribution in [2.24, 2.45) is 4.99 Å². The third-order valence-corrected chi connectivity index (χ3v) is 3.09. The van der Waals surface area contributed by atoms with Crippen LogP contribution in [0, 0.1) is 0 Å². The fraction of sp³-hybridized carbons (Fsp3) is 0.500. The Bertz CT molecular complexity index is 469. The van der Waals surface area contributed by atoms with Gasteiger partial charge < -0.3 is 24.8 Å². The molecule has 0 aromatic heterocycles. The van der Waals surface area contributed by atoms with Crippen LogP contribution in [0.25, 0.3) is 0 Å². The number of amidine groups is 1. The molecule has 0 atom stereocenters. The zero-order valence-electron chi connectivity index (χ0n) is 12.0. The van der Waals surface area contributed by atoms with Crippen LogP contribution in [0.2, 0.25) is 0 Å². The number of methoxy groups -OCH3 is 2. The van der Waals surface area contributed by atoms with E-state index >= 15 is 0 Å². The van der Waals surface area contributed by atoms with Gasteiger partial charge in [-0.25, -0.2) is 4.99 Å². The maximum Gasteiger partial charge on any atom is 0.147 e. The molecule has 0 aliphatic carbocycles. The molecular weight excluding hydrogens is 258 g/mol. The molecule has 1 heterocycles. The van der Waals surface area contributed by atoms with Gasteiger partial charge in [-0.1, -0.05) is 0 Å². The standard InChI is InChI=1S/C14H21N3O3/c1-18-7-5-17(6-8-19-2)14-10-20-13-9-11(15)3-4-12(13)16-14/h3-4,9H,5-8,10,15H2,1-2H3. The van der Waals surface area contributed by atoms with Crippen molar-refractivity contribution in [2.45, 2.75) is 0 Å². The zero-order valence-corrected chi connectivity index (χ0v) is 12.0. The number of fused-ring (bicyclic) bond motifs is 1. The Hall–Kier alpha value is -1.79. The molecule has 110 valence electrons. The largest absolute Gasteiger partial charge is 0.483 e. The van der Waals surface area contributed by atoms with Gasteiger partial charge in [-0.2, -0.15) is 0 Å². The number of anilines is 1. The lowest BCUT2D eigenvalue weighted by atomic mass is 10.2. The van der Waals surface area contributed by atoms with Crippen LogP contribution in [0.4, 0.5) is 11.4 Å². The molecule has 0 spiro atoms. The van der Waals surface area contributed by atoms with Crippen molar-refractivity contribution in [1.82, 2.24) is 4.90 Å². The third-order valence-electron chi connectivity index (χ3n) is 3.09. The highest BCUT2D eigenvalue weighted by molar-refractivity contribution is 5.89. The van der Waals surface area contributed by atoms with Crippen LogP contribution in [0.3, 0.4) is 0 Å². The van der Waals surface area contributed by atoms with Gasteiger partial charge in [0.15, 0.2) is 0 Å². The molecule has 1 aliphatic heterocycles. The number of benzene rings is 1. The van der Waals surface area contributed by atoms with Crippen molar-refractivity contribution in [3.63, 3.8) is 0 Å². The first-order chi connectivity index (χ1) is 9.74. The number of ether oxygens (including phenoxy) is 3. The van der Waals surface area contributed by atoms with Crippen molar-refractivity contribution in [3.05, 3.63) is 18.2 Å². The fourth-order valence-electron chi connectivity index (χ4n) is 1.99. The normalized spacial score (nSPS) is 13.4. The van der Waals surface area contributed by atoms with Crippen LogP contribution in [-0.2, 0) is 9.47 Å². The number of nitrogens with two attached hydrogens (primary N) is 1. The molecule has 6 heteroatoms. The maximum atomic E-state index is 5.74. The fourth-order valence-corrected chi connectivity index (χ4v) is 1.99. The van der Waals surface area contributed by atoms with E-state index < -0.39 is 0 Å². The zero-order chi connectivity index (χ0) is 14.4. The van der Waals surface area contributed by atoms with Gasteiger partial charge in [0.25, 0.3) is 0 Å². The molecule has 2 N–H and O–H groups in total. The highest BCUT2D eigenvalue weighted by atomic mass is 16.5. The first-order valence-corrected chi connectivity index (χ1v) is 6.57. The lowest BCUT2D eigenvalue weighted by molar-refractivity contribution is 0.143. The Morgan fingerprint density at radius 2 is 1.95 bits per heavy atom. The molecule has 0 saturated heterocycles. The van der Waals surface area contributed by atoms with Crippen molar-refractivity contribution >= 4 is 17.2 Å². The first kappa shape index (κ1) is 14.6. The quantitative estimate of drug-likeness (QED) is 0.795. The van der Waals surface area contributed by atoms with Crippen molar-refractivity contribution in [2.75, 3.05) is 52.9 Å². The smallest absolute Gasteiger partial charge is 0.147 e. The van der Waals surface area contributed by atoms with Gasteiger partial charge in [0, 0.05) is 39.1 Å². The second kappa shape index (κ2) is 7.12. The van der Waals surface area contributed by atoms with Gasteiger partial charge >= 0.3 is 0 Å². The summed E-state index contributed by atoms with van der Waals surface area (Å²) in [6, 6.07) is 5.49. The monoisotopic (exact) mass is 279 g/mol. The van der Waals surface area contributed by atoms with Gasteiger partial charge in [0.1, 0.15) is 23.9 Å². The van der Waals surface area contributed by atoms with Crippen molar-refractivity contribution in [3.8, 4) is 5.75 Å². The molecule has 0 saturated carbocycles. The molecule has 1 aromatic rings. The second-order valence-corrected chi connectivity index (χ2v) is 4.52. The van der Waals surface area contributed by atoms with E-state index in [2.05, 4.69) is 9.89 Å². The summed E-state index contributed by atoms with van der Waals surface area (Å²) in [4.78, 5) is 6.76. The summed E-state index contributed by atoms with van der Waals surface area (Å²) in [5.41, 5.74) is 7.22. The van der Waals surface area contributed by atoms with Crippen molar-refractivity contribution in [1.29, 1.82) is 0 Å². The van der Waals surface area contributed by atoms with E-state index in [0.29, 0.717) is 25.5 Å². The van der Waals surface area contributed by atoms with Crippen molar-refractivity contribution < 1.29 is 14.2 Å². The Kier molecular flexibility index (Phi) is 5.20. The number of nitrogens with zero attached hydrogens (tertiary/aromatic N) is 2. The van der Waals surface area contributed by atoms with Crippen LogP contribution in [0.15, 0.2) is 23.2 Å². The Balaban J connectivity index is 2.14. The summed E-state index contributed by atoms with van der Waals surface area (Å²) in [7, 11) is 3.37. The van der Waals surface area contributed by atoms with Gasteiger partial charge in [-0.15, -0.1) is 0 Å². The van der Waals surface area contributed by atoms with E-state index in [9.17, 15) is 0 Å². The molecule has 0 fully saturated rings. The van der Waals surface area contributed by atoms with E-state index in [1.165, 1.54) is 0 Å². The van der Waals surface area contributed by atoms with Gasteiger partial charge in [0.2, 0.25) is 0 Å². The molecule has 1 aliphatic rings. The average molecular weight is 279 g/mol. The summed E-state index contributed by atoms with van der Waals surface area (Å²) in [5.74, 6) is 1.61. The summed E-state index contributed by atoms with van der Waals surface area (Å²) in [5, 5.41) is 0. The maximum absolute atomic E-state index is 5.74. The Morgan fingerprint density at radius 1 is 1.25 bits per heavy atom. The van der Waals surface area contributed by atoms with E-state index in [4.69, 9.17) is 19.9 Å². The minimum Gasteiger partial charge on any atom is -0.483 e. The summed E-state index contributed by atoms with van der Waals surface area (Å²) >= 11 is 0. The van der Waals surface area contributed by atoms with Crippen LogP contribution in [0.5, 0.6) is 5.75 Å². The highest BCUT2D eigenvalue weighted by Gasteiger charge is 2.18. The highest BCUT2D eigenvalue weighted by Crippen LogP contribution is 2.32. The summed E-state index contributed by atoms with van der Waals surface area (Å²) in [6.07, 6.45) is 0. The van der Waals surface area contributed by atoms with Crippen LogP contribution in [0.1, 0.15) is 0 Å². The minimum absolute atomic E-state index is 0.434. The first-order valence-electron chi connectivity index (χ1n) is 6.57. The van der Waals surface area contributed by atoms with E-state index in [1.807, 2.05) is 12.1 Å². The molecule has 6 nitrogen and oxygen atoms in total. The summed E-state index contributed by atoms with van der Waals surface area (Å²) < 4.78 is 16.0. The molecule has 0 unspecified atom stereocenters. The van der Waals surface area contributed by atoms with E-state index in [1.54, 1.807) is 20.3 Å². The topological polar surface area (TPSA) is 69.3 Å². The molecule has 0 amide bonds. The Labute approximate surface area is 119 Å². The number of hydrogen-bond acceptors (Lipinski definition) is 6. The minimum atomic E-state index is 0.434. The number of hydrogen-bond donors (Lipinski definition) is 1. The van der Waals surface area contributed by atoms with Gasteiger partial charge in [0.05, 0.1) is 13.2 Å². The van der Waals surface area contributed by atoms with Gasteiger partial charge in [-0.3, -0.25) is 0 Å². The average Bonchev–Trinajstić information content (AvgIpc) is 2.47. The second-order valence-electron chi connectivity index (χ2n) is 4.52. The lowest BCUT2D eigenvalue weighted by Crippen LogP contribution is -2.40. The number of rotatable bonds is 6. The molecule has 20 heavy (non-hydrogen) atoms. The lowest BCUT2D eigenvalue weighted by Gasteiger charge is -2.28. The number of nitrogen functional groups attached to an aromatic ring is 1. The predicted molar refractivity (Wildman–Crippen MR) is 78.8 cm³/mol. The molecule has 2 rings (SSSR count). The molecule has 0 radical (unpaired) electrons. The molecule has 1 aromatic carbocycles. The van der Waals surface area contributed by atoms with Gasteiger partial charge in [-0.05, 0) is 12.1 Å². The van der Waals surface area contributed by atoms with E-state index in [-0.39, 0.29) is 0 Å². The third kappa shape index (κ3) is 3.61. The molecular formula is C14H21N3O3. The summed E-state index contributed by atoms with van der Waals surface area (Å²) in [6.45, 7) is 3.22. The van der Waals surface area contributed by atoms with Crippen LogP contribution >= 0.6 is 0 Å². The molecule has 0 bridgehead atoms. The predicted octanol–water partition coefficient (Wildman–Crippen LogP) is 1.29. The SMILES string of the molecule is COCCN(CCOC)C1=Nc2ccc(N)cc2OC1. The van der Waals surface area contributed by atoms with Crippen LogP contribution < -0.4 is 10.5 Å². The van der Waals surface area contributed by atoms with E-state index in [0.717, 1.165) is 30.4 Å². The van der Waals surface area contributed by atoms with Crippen LogP contribution in [-0.4, -0.2) is 57.9 Å².